The fourth-order valence-corrected chi connectivity index (χ4v) is 2.50. The Morgan fingerprint density at radius 2 is 1.33 bits per heavy atom. The van der Waals surface area contributed by atoms with E-state index < -0.39 is 11.9 Å². The molecule has 0 spiro atoms. The van der Waals surface area contributed by atoms with Gasteiger partial charge in [0.2, 0.25) is 0 Å². The van der Waals surface area contributed by atoms with E-state index >= 15 is 0 Å². The summed E-state index contributed by atoms with van der Waals surface area (Å²) in [5, 5.41) is 0. The molecule has 0 aromatic heterocycles. The molecule has 0 aliphatic carbocycles. The van der Waals surface area contributed by atoms with E-state index in [4.69, 9.17) is 9.47 Å². The van der Waals surface area contributed by atoms with Gasteiger partial charge < -0.3 is 9.47 Å². The summed E-state index contributed by atoms with van der Waals surface area (Å²) in [5.41, 5.74) is 3.08. The van der Waals surface area contributed by atoms with Crippen molar-refractivity contribution in [3.05, 3.63) is 101 Å². The Labute approximate surface area is 158 Å². The van der Waals surface area contributed by atoms with Crippen LogP contribution in [-0.4, -0.2) is 18.5 Å². The smallest absolute Gasteiger partial charge is 0.343 e. The quantitative estimate of drug-likeness (QED) is 0.476. The lowest BCUT2D eigenvalue weighted by atomic mass is 10.1. The monoisotopic (exact) mass is 360 g/mol. The lowest BCUT2D eigenvalue weighted by Crippen LogP contribution is -2.10. The summed E-state index contributed by atoms with van der Waals surface area (Å²) in [6, 6.07) is 23.3. The number of hydrogen-bond acceptors (Lipinski definition) is 4. The van der Waals surface area contributed by atoms with Crippen molar-refractivity contribution < 1.29 is 19.1 Å². The van der Waals surface area contributed by atoms with E-state index in [0.717, 1.165) is 11.1 Å². The Balaban J connectivity index is 1.52. The number of hydrogen-bond donors (Lipinski definition) is 0. The summed E-state index contributed by atoms with van der Waals surface area (Å²) in [4.78, 5) is 24.2. The van der Waals surface area contributed by atoms with Crippen molar-refractivity contribution in [1.29, 1.82) is 0 Å². The number of rotatable bonds is 6. The van der Waals surface area contributed by atoms with E-state index in [1.54, 1.807) is 36.4 Å². The molecule has 0 saturated heterocycles. The second-order valence-corrected chi connectivity index (χ2v) is 6.15. The molecule has 0 bridgehead atoms. The predicted molar refractivity (Wildman–Crippen MR) is 103 cm³/mol. The molecule has 4 heteroatoms. The SMILES string of the molecule is Cc1ccc(C(=O)Oc2ccc(C(=O)OCCc3ccccc3)cc2)cc1. The third-order valence-electron chi connectivity index (χ3n) is 4.05. The first kappa shape index (κ1) is 18.4. The zero-order valence-corrected chi connectivity index (χ0v) is 15.1. The molecule has 0 heterocycles. The third kappa shape index (κ3) is 5.28. The Kier molecular flexibility index (Phi) is 6.00. The van der Waals surface area contributed by atoms with Crippen LogP contribution in [0.1, 0.15) is 31.8 Å². The van der Waals surface area contributed by atoms with Crippen LogP contribution >= 0.6 is 0 Å². The molecular weight excluding hydrogens is 340 g/mol. The van der Waals surface area contributed by atoms with Crippen LogP contribution in [-0.2, 0) is 11.2 Å². The van der Waals surface area contributed by atoms with Crippen LogP contribution in [0, 0.1) is 6.92 Å². The van der Waals surface area contributed by atoms with Crippen molar-refractivity contribution in [2.45, 2.75) is 13.3 Å². The molecule has 3 aromatic carbocycles. The highest BCUT2D eigenvalue weighted by molar-refractivity contribution is 5.92. The molecule has 136 valence electrons. The first-order valence-electron chi connectivity index (χ1n) is 8.72. The number of benzene rings is 3. The average molecular weight is 360 g/mol. The number of aryl methyl sites for hydroxylation is 1. The maximum absolute atomic E-state index is 12.1. The van der Waals surface area contributed by atoms with Crippen LogP contribution in [0.4, 0.5) is 0 Å². The molecule has 0 fully saturated rings. The molecule has 3 rings (SSSR count). The Morgan fingerprint density at radius 3 is 2.00 bits per heavy atom. The van der Waals surface area contributed by atoms with Crippen LogP contribution in [0.25, 0.3) is 0 Å². The van der Waals surface area contributed by atoms with Gasteiger partial charge in [-0.25, -0.2) is 9.59 Å². The van der Waals surface area contributed by atoms with Gasteiger partial charge in [-0.2, -0.15) is 0 Å². The van der Waals surface area contributed by atoms with Crippen molar-refractivity contribution in [1.82, 2.24) is 0 Å². The highest BCUT2D eigenvalue weighted by Crippen LogP contribution is 2.15. The molecule has 0 aliphatic heterocycles. The number of ether oxygens (including phenoxy) is 2. The maximum Gasteiger partial charge on any atom is 0.343 e. The van der Waals surface area contributed by atoms with Gasteiger partial charge in [-0.15, -0.1) is 0 Å². The zero-order chi connectivity index (χ0) is 19.1. The van der Waals surface area contributed by atoms with Gasteiger partial charge in [-0.05, 0) is 48.9 Å². The number of carbonyl (C=O) groups excluding carboxylic acids is 2. The maximum atomic E-state index is 12.1. The third-order valence-corrected chi connectivity index (χ3v) is 4.05. The minimum Gasteiger partial charge on any atom is -0.462 e. The minimum atomic E-state index is -0.437. The topological polar surface area (TPSA) is 52.6 Å². The molecule has 0 amide bonds. The van der Waals surface area contributed by atoms with Crippen molar-refractivity contribution in [3.63, 3.8) is 0 Å². The largest absolute Gasteiger partial charge is 0.462 e. The van der Waals surface area contributed by atoms with Crippen LogP contribution in [0.15, 0.2) is 78.9 Å². The highest BCUT2D eigenvalue weighted by atomic mass is 16.5. The lowest BCUT2D eigenvalue weighted by molar-refractivity contribution is 0.0509. The van der Waals surface area contributed by atoms with E-state index in [1.807, 2.05) is 49.4 Å². The Bertz CT molecular complexity index is 897. The van der Waals surface area contributed by atoms with Gasteiger partial charge in [0.1, 0.15) is 5.75 Å². The van der Waals surface area contributed by atoms with Gasteiger partial charge >= 0.3 is 11.9 Å². The van der Waals surface area contributed by atoms with Crippen molar-refractivity contribution in [2.24, 2.45) is 0 Å². The summed E-state index contributed by atoms with van der Waals surface area (Å²) in [6.07, 6.45) is 0.666. The van der Waals surface area contributed by atoms with E-state index in [0.29, 0.717) is 29.9 Å². The summed E-state index contributed by atoms with van der Waals surface area (Å²) < 4.78 is 10.6. The second-order valence-electron chi connectivity index (χ2n) is 6.15. The molecule has 0 unspecified atom stereocenters. The molecule has 0 radical (unpaired) electrons. The predicted octanol–water partition coefficient (Wildman–Crippen LogP) is 4.61. The summed E-state index contributed by atoms with van der Waals surface area (Å²) >= 11 is 0. The van der Waals surface area contributed by atoms with Gasteiger partial charge in [-0.3, -0.25) is 0 Å². The fourth-order valence-electron chi connectivity index (χ4n) is 2.50. The molecule has 3 aromatic rings. The fraction of sp³-hybridized carbons (Fsp3) is 0.130. The molecule has 0 N–H and O–H groups in total. The molecule has 0 atom stereocenters. The zero-order valence-electron chi connectivity index (χ0n) is 15.1. The lowest BCUT2D eigenvalue weighted by Gasteiger charge is -2.07. The number of carbonyl (C=O) groups is 2. The van der Waals surface area contributed by atoms with E-state index in [9.17, 15) is 9.59 Å². The highest BCUT2D eigenvalue weighted by Gasteiger charge is 2.10. The van der Waals surface area contributed by atoms with Gasteiger partial charge in [0.05, 0.1) is 17.7 Å². The standard InChI is InChI=1S/C23H20O4/c1-17-7-9-20(10-8-17)23(25)27-21-13-11-19(12-14-21)22(24)26-16-15-18-5-3-2-4-6-18/h2-14H,15-16H2,1H3. The number of esters is 2. The minimum absolute atomic E-state index is 0.313. The van der Waals surface area contributed by atoms with Crippen molar-refractivity contribution >= 4 is 11.9 Å². The van der Waals surface area contributed by atoms with E-state index in [1.165, 1.54) is 0 Å². The summed E-state index contributed by atoms with van der Waals surface area (Å²) in [5.74, 6) is -0.461. The van der Waals surface area contributed by atoms with Crippen molar-refractivity contribution in [2.75, 3.05) is 6.61 Å². The summed E-state index contributed by atoms with van der Waals surface area (Å²) in [6.45, 7) is 2.26. The molecule has 27 heavy (non-hydrogen) atoms. The van der Waals surface area contributed by atoms with Crippen LogP contribution in [0.2, 0.25) is 0 Å². The van der Waals surface area contributed by atoms with Gasteiger partial charge in [0, 0.05) is 6.42 Å². The molecule has 0 aliphatic rings. The summed E-state index contributed by atoms with van der Waals surface area (Å²) in [7, 11) is 0. The average Bonchev–Trinajstić information content (AvgIpc) is 2.70. The van der Waals surface area contributed by atoms with E-state index in [-0.39, 0.29) is 0 Å². The Morgan fingerprint density at radius 1 is 0.741 bits per heavy atom. The van der Waals surface area contributed by atoms with Gasteiger partial charge in [0.25, 0.3) is 0 Å². The molecular formula is C23H20O4. The van der Waals surface area contributed by atoms with Crippen molar-refractivity contribution in [3.8, 4) is 5.75 Å². The van der Waals surface area contributed by atoms with Crippen LogP contribution in [0.3, 0.4) is 0 Å². The van der Waals surface area contributed by atoms with Crippen LogP contribution < -0.4 is 4.74 Å². The first-order chi connectivity index (χ1) is 13.1. The molecule has 4 nitrogen and oxygen atoms in total. The van der Waals surface area contributed by atoms with Crippen LogP contribution in [0.5, 0.6) is 5.75 Å². The van der Waals surface area contributed by atoms with Gasteiger partial charge in [0.15, 0.2) is 0 Å². The normalized spacial score (nSPS) is 10.3. The molecule has 0 saturated carbocycles. The first-order valence-corrected chi connectivity index (χ1v) is 8.72. The van der Waals surface area contributed by atoms with Gasteiger partial charge in [-0.1, -0.05) is 48.0 Å². The van der Waals surface area contributed by atoms with E-state index in [2.05, 4.69) is 0 Å². The second kappa shape index (κ2) is 8.81. The Hall–Kier alpha value is -3.40.